The van der Waals surface area contributed by atoms with Crippen LogP contribution in [0.3, 0.4) is 0 Å². The molecule has 2 aromatic rings. The molecule has 0 spiro atoms. The Morgan fingerprint density at radius 1 is 1.04 bits per heavy atom. The normalized spacial score (nSPS) is 10.1. The average Bonchev–Trinajstić information content (AvgIpc) is 2.61. The molecule has 0 unspecified atom stereocenters. The van der Waals surface area contributed by atoms with Crippen LogP contribution in [0.2, 0.25) is 0 Å². The van der Waals surface area contributed by atoms with Crippen LogP contribution in [0.1, 0.15) is 26.3 Å². The number of para-hydroxylation sites is 1. The topological polar surface area (TPSA) is 142 Å². The van der Waals surface area contributed by atoms with Gasteiger partial charge >= 0.3 is 5.97 Å². The summed E-state index contributed by atoms with van der Waals surface area (Å²) in [6.07, 6.45) is 0. The van der Waals surface area contributed by atoms with Crippen LogP contribution < -0.4 is 5.32 Å². The van der Waals surface area contributed by atoms with Gasteiger partial charge in [0.25, 0.3) is 17.3 Å². The van der Waals surface area contributed by atoms with E-state index in [1.165, 1.54) is 26.2 Å². The smallest absolute Gasteiger partial charge is 0.339 e. The third-order valence-corrected chi connectivity index (χ3v) is 3.59. The standard InChI is InChI=1S/C16H13N3O7/c1-9-13(18(22)23)7-10(8-14(9)19(24)25)15(20)17-12-6-4-3-5-11(12)16(21)26-2/h3-8H,1-2H3,(H,17,20). The van der Waals surface area contributed by atoms with E-state index in [-0.39, 0.29) is 22.4 Å². The molecule has 2 aromatic carbocycles. The Morgan fingerprint density at radius 3 is 2.08 bits per heavy atom. The first-order valence-corrected chi connectivity index (χ1v) is 7.18. The lowest BCUT2D eigenvalue weighted by atomic mass is 10.1. The zero-order valence-electron chi connectivity index (χ0n) is 13.7. The molecule has 0 aliphatic heterocycles. The van der Waals surface area contributed by atoms with Crippen LogP contribution in [0.25, 0.3) is 0 Å². The van der Waals surface area contributed by atoms with Crippen molar-refractivity contribution in [3.05, 3.63) is 73.3 Å². The molecule has 1 N–H and O–H groups in total. The molecule has 2 rings (SSSR count). The maximum absolute atomic E-state index is 12.4. The largest absolute Gasteiger partial charge is 0.465 e. The van der Waals surface area contributed by atoms with Crippen LogP contribution >= 0.6 is 0 Å². The van der Waals surface area contributed by atoms with Crippen LogP contribution in [0, 0.1) is 27.2 Å². The third-order valence-electron chi connectivity index (χ3n) is 3.59. The van der Waals surface area contributed by atoms with Crippen molar-refractivity contribution < 1.29 is 24.2 Å². The van der Waals surface area contributed by atoms with Crippen molar-refractivity contribution in [1.29, 1.82) is 0 Å². The molecule has 0 aromatic heterocycles. The zero-order chi connectivity index (χ0) is 19.4. The molecule has 0 aliphatic rings. The Morgan fingerprint density at radius 2 is 1.58 bits per heavy atom. The van der Waals surface area contributed by atoms with Gasteiger partial charge in [0.15, 0.2) is 0 Å². The Hall–Kier alpha value is -3.82. The first-order chi connectivity index (χ1) is 12.3. The highest BCUT2D eigenvalue weighted by molar-refractivity contribution is 6.08. The number of hydrogen-bond acceptors (Lipinski definition) is 7. The van der Waals surface area contributed by atoms with E-state index in [4.69, 9.17) is 0 Å². The Labute approximate surface area is 146 Å². The summed E-state index contributed by atoms with van der Waals surface area (Å²) in [6, 6.07) is 7.85. The minimum absolute atomic E-state index is 0.0689. The number of carbonyl (C=O) groups excluding carboxylic acids is 2. The Balaban J connectivity index is 2.47. The quantitative estimate of drug-likeness (QED) is 0.491. The average molecular weight is 359 g/mol. The van der Waals surface area contributed by atoms with Gasteiger partial charge in [0, 0.05) is 12.1 Å². The molecule has 26 heavy (non-hydrogen) atoms. The van der Waals surface area contributed by atoms with Gasteiger partial charge in [-0.1, -0.05) is 12.1 Å². The van der Waals surface area contributed by atoms with Crippen molar-refractivity contribution in [2.24, 2.45) is 0 Å². The number of rotatable bonds is 5. The minimum Gasteiger partial charge on any atom is -0.465 e. The molecule has 0 saturated carbocycles. The number of nitro benzene ring substituents is 2. The molecule has 10 nitrogen and oxygen atoms in total. The number of esters is 1. The fourth-order valence-corrected chi connectivity index (χ4v) is 2.27. The fraction of sp³-hybridized carbons (Fsp3) is 0.125. The highest BCUT2D eigenvalue weighted by atomic mass is 16.6. The minimum atomic E-state index is -0.840. The van der Waals surface area contributed by atoms with E-state index < -0.39 is 33.1 Å². The molecular formula is C16H13N3O7. The predicted octanol–water partition coefficient (Wildman–Crippen LogP) is 2.85. The van der Waals surface area contributed by atoms with E-state index in [1.807, 2.05) is 0 Å². The van der Waals surface area contributed by atoms with Crippen LogP contribution in [0.5, 0.6) is 0 Å². The number of nitro groups is 2. The summed E-state index contributed by atoms with van der Waals surface area (Å²) in [5, 5.41) is 24.6. The van der Waals surface area contributed by atoms with E-state index in [0.717, 1.165) is 12.1 Å². The van der Waals surface area contributed by atoms with E-state index >= 15 is 0 Å². The second-order valence-corrected chi connectivity index (χ2v) is 5.15. The predicted molar refractivity (Wildman–Crippen MR) is 90.2 cm³/mol. The van der Waals surface area contributed by atoms with Gasteiger partial charge < -0.3 is 10.1 Å². The molecule has 0 radical (unpaired) electrons. The first kappa shape index (κ1) is 18.5. The molecule has 0 heterocycles. The maximum Gasteiger partial charge on any atom is 0.339 e. The van der Waals surface area contributed by atoms with Crippen molar-refractivity contribution in [3.8, 4) is 0 Å². The van der Waals surface area contributed by atoms with Crippen molar-refractivity contribution in [1.82, 2.24) is 0 Å². The Bertz CT molecular complexity index is 889. The number of hydrogen-bond donors (Lipinski definition) is 1. The van der Waals surface area contributed by atoms with Crippen molar-refractivity contribution in [3.63, 3.8) is 0 Å². The highest BCUT2D eigenvalue weighted by Crippen LogP contribution is 2.30. The van der Waals surface area contributed by atoms with Crippen molar-refractivity contribution in [2.45, 2.75) is 6.92 Å². The van der Waals surface area contributed by atoms with Gasteiger partial charge in [-0.3, -0.25) is 25.0 Å². The number of methoxy groups -OCH3 is 1. The number of nitrogens with one attached hydrogen (secondary N) is 1. The molecule has 0 saturated heterocycles. The van der Waals surface area contributed by atoms with Gasteiger partial charge in [-0.2, -0.15) is 0 Å². The molecule has 0 atom stereocenters. The molecule has 0 aliphatic carbocycles. The van der Waals surface area contributed by atoms with Crippen LogP contribution in [-0.2, 0) is 4.74 Å². The number of ether oxygens (including phenoxy) is 1. The van der Waals surface area contributed by atoms with Crippen LogP contribution in [0.4, 0.5) is 17.1 Å². The number of benzene rings is 2. The highest BCUT2D eigenvalue weighted by Gasteiger charge is 2.26. The second kappa shape index (κ2) is 7.38. The van der Waals surface area contributed by atoms with Gasteiger partial charge in [0.05, 0.1) is 33.8 Å². The number of carbonyl (C=O) groups is 2. The summed E-state index contributed by atoms with van der Waals surface area (Å²) in [7, 11) is 1.17. The summed E-state index contributed by atoms with van der Waals surface area (Å²) < 4.78 is 4.61. The monoisotopic (exact) mass is 359 g/mol. The van der Waals surface area contributed by atoms with Gasteiger partial charge in [-0.05, 0) is 19.1 Å². The van der Waals surface area contributed by atoms with E-state index in [9.17, 15) is 29.8 Å². The lowest BCUT2D eigenvalue weighted by Crippen LogP contribution is -2.16. The van der Waals surface area contributed by atoms with Crippen LogP contribution in [0.15, 0.2) is 36.4 Å². The first-order valence-electron chi connectivity index (χ1n) is 7.18. The molecule has 134 valence electrons. The Kier molecular flexibility index (Phi) is 5.26. The number of nitrogens with zero attached hydrogens (tertiary/aromatic N) is 2. The van der Waals surface area contributed by atoms with Gasteiger partial charge in [0.2, 0.25) is 0 Å². The summed E-state index contributed by atoms with van der Waals surface area (Å²) >= 11 is 0. The molecule has 10 heteroatoms. The third kappa shape index (κ3) is 3.64. The zero-order valence-corrected chi connectivity index (χ0v) is 13.7. The summed E-state index contributed by atoms with van der Waals surface area (Å²) in [5.41, 5.74) is -1.37. The number of amides is 1. The maximum atomic E-state index is 12.4. The summed E-state index contributed by atoms with van der Waals surface area (Å²) in [5.74, 6) is -1.53. The lowest BCUT2D eigenvalue weighted by molar-refractivity contribution is -0.395. The molecule has 1 amide bonds. The van der Waals surface area contributed by atoms with Gasteiger partial charge in [0.1, 0.15) is 5.56 Å². The van der Waals surface area contributed by atoms with Crippen molar-refractivity contribution >= 4 is 28.9 Å². The SMILES string of the molecule is COC(=O)c1ccccc1NC(=O)c1cc([N+](=O)[O-])c(C)c([N+](=O)[O-])c1. The van der Waals surface area contributed by atoms with Gasteiger partial charge in [-0.15, -0.1) is 0 Å². The summed E-state index contributed by atoms with van der Waals surface area (Å²) in [6.45, 7) is 1.23. The molecule has 0 fully saturated rings. The second-order valence-electron chi connectivity index (χ2n) is 5.15. The fourth-order valence-electron chi connectivity index (χ4n) is 2.27. The summed E-state index contributed by atoms with van der Waals surface area (Å²) in [4.78, 5) is 44.8. The van der Waals surface area contributed by atoms with Crippen LogP contribution in [-0.4, -0.2) is 28.8 Å². The number of anilines is 1. The lowest BCUT2D eigenvalue weighted by Gasteiger charge is -2.10. The van der Waals surface area contributed by atoms with E-state index in [2.05, 4.69) is 10.1 Å². The van der Waals surface area contributed by atoms with Gasteiger partial charge in [-0.25, -0.2) is 4.79 Å². The van der Waals surface area contributed by atoms with Crippen molar-refractivity contribution in [2.75, 3.05) is 12.4 Å². The van der Waals surface area contributed by atoms with E-state index in [0.29, 0.717) is 0 Å². The molecule has 0 bridgehead atoms. The van der Waals surface area contributed by atoms with E-state index in [1.54, 1.807) is 12.1 Å². The molecular weight excluding hydrogens is 346 g/mol.